The van der Waals surface area contributed by atoms with E-state index in [4.69, 9.17) is 5.73 Å². The molecule has 3 nitrogen and oxygen atoms in total. The number of aromatic hydroxyl groups is 1. The third-order valence-corrected chi connectivity index (χ3v) is 5.48. The van der Waals surface area contributed by atoms with Crippen molar-refractivity contribution in [2.24, 2.45) is 5.73 Å². The monoisotopic (exact) mass is 288 g/mol. The van der Waals surface area contributed by atoms with E-state index in [1.807, 2.05) is 12.1 Å². The predicted molar refractivity (Wildman–Crippen MR) is 86.6 cm³/mol. The summed E-state index contributed by atoms with van der Waals surface area (Å²) in [6.07, 6.45) is 4.81. The van der Waals surface area contributed by atoms with Gasteiger partial charge < -0.3 is 10.8 Å². The van der Waals surface area contributed by atoms with Crippen molar-refractivity contribution in [2.45, 2.75) is 70.5 Å². The second-order valence-corrected chi connectivity index (χ2v) is 7.04. The molecule has 116 valence electrons. The van der Waals surface area contributed by atoms with Crippen molar-refractivity contribution in [1.82, 2.24) is 4.90 Å². The summed E-state index contributed by atoms with van der Waals surface area (Å²) in [5.74, 6) is 0.992. The van der Waals surface area contributed by atoms with Crippen LogP contribution in [0.2, 0.25) is 0 Å². The van der Waals surface area contributed by atoms with Crippen molar-refractivity contribution in [3.8, 4) is 5.75 Å². The van der Waals surface area contributed by atoms with Gasteiger partial charge in [0.05, 0.1) is 0 Å². The molecule has 0 amide bonds. The fraction of sp³-hybridized carbons (Fsp3) is 0.667. The predicted octanol–water partition coefficient (Wildman–Crippen LogP) is 3.45. The minimum Gasteiger partial charge on any atom is -0.508 e. The van der Waals surface area contributed by atoms with Gasteiger partial charge in [0, 0.05) is 23.7 Å². The van der Waals surface area contributed by atoms with Gasteiger partial charge in [0.2, 0.25) is 0 Å². The summed E-state index contributed by atoms with van der Waals surface area (Å²) in [6.45, 7) is 7.68. The molecule has 1 aliphatic heterocycles. The lowest BCUT2D eigenvalue weighted by atomic mass is 9.92. The van der Waals surface area contributed by atoms with Gasteiger partial charge >= 0.3 is 0 Å². The molecule has 4 unspecified atom stereocenters. The minimum absolute atomic E-state index is 0.191. The average molecular weight is 288 g/mol. The van der Waals surface area contributed by atoms with Gasteiger partial charge in [-0.2, -0.15) is 0 Å². The summed E-state index contributed by atoms with van der Waals surface area (Å²) in [6, 6.07) is 4.89. The minimum atomic E-state index is 0.191. The maximum atomic E-state index is 10.4. The highest BCUT2D eigenvalue weighted by Crippen LogP contribution is 2.50. The Labute approximate surface area is 128 Å². The van der Waals surface area contributed by atoms with Gasteiger partial charge in [-0.15, -0.1) is 0 Å². The number of fused-ring (bicyclic) bond motifs is 1. The topological polar surface area (TPSA) is 49.5 Å². The molecule has 21 heavy (non-hydrogen) atoms. The molecule has 1 aromatic rings. The van der Waals surface area contributed by atoms with Crippen molar-refractivity contribution in [1.29, 1.82) is 0 Å². The maximum Gasteiger partial charge on any atom is 0.120 e. The molecule has 1 aliphatic carbocycles. The Morgan fingerprint density at radius 1 is 1.29 bits per heavy atom. The summed E-state index contributed by atoms with van der Waals surface area (Å²) in [7, 11) is 0. The van der Waals surface area contributed by atoms with Crippen LogP contribution in [-0.4, -0.2) is 28.6 Å². The number of nitrogens with zero attached hydrogens (tertiary/aromatic N) is 1. The van der Waals surface area contributed by atoms with Crippen LogP contribution in [0.4, 0.5) is 0 Å². The zero-order valence-corrected chi connectivity index (χ0v) is 13.5. The van der Waals surface area contributed by atoms with Crippen molar-refractivity contribution in [3.05, 3.63) is 28.8 Å². The third-order valence-electron chi connectivity index (χ3n) is 5.48. The molecule has 0 spiro atoms. The molecule has 0 aromatic heterocycles. The van der Waals surface area contributed by atoms with E-state index in [0.29, 0.717) is 23.8 Å². The highest BCUT2D eigenvalue weighted by atomic mass is 16.3. The largest absolute Gasteiger partial charge is 0.508 e. The summed E-state index contributed by atoms with van der Waals surface area (Å²) in [5.41, 5.74) is 10.1. The lowest BCUT2D eigenvalue weighted by Crippen LogP contribution is -2.50. The third kappa shape index (κ3) is 2.47. The molecule has 0 saturated carbocycles. The van der Waals surface area contributed by atoms with Crippen molar-refractivity contribution < 1.29 is 5.11 Å². The SMILES string of the molecule is Cc1ccc(O)c2c1C(C)CC2N1CCCCC1C(C)N. The number of hydrogen-bond donors (Lipinski definition) is 2. The van der Waals surface area contributed by atoms with Gasteiger partial charge in [0.1, 0.15) is 5.75 Å². The number of likely N-dealkylation sites (tertiary alicyclic amines) is 1. The number of nitrogens with two attached hydrogens (primary N) is 1. The number of phenols is 1. The first-order valence-electron chi connectivity index (χ1n) is 8.34. The summed E-state index contributed by atoms with van der Waals surface area (Å²) < 4.78 is 0. The average Bonchev–Trinajstić information content (AvgIpc) is 2.82. The van der Waals surface area contributed by atoms with Crippen LogP contribution in [0.1, 0.15) is 68.2 Å². The Bertz CT molecular complexity index is 526. The standard InChI is InChI=1S/C18H28N2O/c1-11-7-8-16(21)18-15(10-12(2)17(11)18)20-9-5-4-6-14(20)13(3)19/h7-8,12-15,21H,4-6,9-10,19H2,1-3H3. The van der Waals surface area contributed by atoms with E-state index in [2.05, 4.69) is 25.7 Å². The summed E-state index contributed by atoms with van der Waals surface area (Å²) in [5, 5.41) is 10.4. The summed E-state index contributed by atoms with van der Waals surface area (Å²) >= 11 is 0. The molecule has 3 N–H and O–H groups in total. The molecule has 1 fully saturated rings. The second-order valence-electron chi connectivity index (χ2n) is 7.04. The Hall–Kier alpha value is -1.06. The quantitative estimate of drug-likeness (QED) is 0.876. The zero-order chi connectivity index (χ0) is 15.1. The Balaban J connectivity index is 2.00. The molecule has 1 heterocycles. The van der Waals surface area contributed by atoms with E-state index < -0.39 is 0 Å². The number of aryl methyl sites for hydroxylation is 1. The van der Waals surface area contributed by atoms with E-state index in [1.54, 1.807) is 0 Å². The highest BCUT2D eigenvalue weighted by molar-refractivity contribution is 5.51. The van der Waals surface area contributed by atoms with Gasteiger partial charge in [0.25, 0.3) is 0 Å². The number of benzene rings is 1. The molecule has 1 saturated heterocycles. The van der Waals surface area contributed by atoms with Gasteiger partial charge in [-0.3, -0.25) is 4.90 Å². The first-order chi connectivity index (χ1) is 10.0. The number of rotatable bonds is 2. The lowest BCUT2D eigenvalue weighted by Gasteiger charge is -2.42. The number of hydrogen-bond acceptors (Lipinski definition) is 3. The highest BCUT2D eigenvalue weighted by Gasteiger charge is 2.39. The van der Waals surface area contributed by atoms with Crippen LogP contribution in [-0.2, 0) is 0 Å². The van der Waals surface area contributed by atoms with Crippen LogP contribution in [0.3, 0.4) is 0 Å². The molecule has 4 atom stereocenters. The van der Waals surface area contributed by atoms with E-state index >= 15 is 0 Å². The van der Waals surface area contributed by atoms with Crippen molar-refractivity contribution in [3.63, 3.8) is 0 Å². The normalized spacial score (nSPS) is 31.1. The van der Waals surface area contributed by atoms with Crippen LogP contribution in [0.15, 0.2) is 12.1 Å². The molecule has 2 aliphatic rings. The number of phenolic OH excluding ortho intramolecular Hbond substituents is 1. The Kier molecular flexibility index (Phi) is 3.98. The van der Waals surface area contributed by atoms with Gasteiger partial charge in [-0.05, 0) is 62.8 Å². The zero-order valence-electron chi connectivity index (χ0n) is 13.5. The van der Waals surface area contributed by atoms with Gasteiger partial charge in [-0.25, -0.2) is 0 Å². The second kappa shape index (κ2) is 5.62. The van der Waals surface area contributed by atoms with E-state index in [0.717, 1.165) is 13.0 Å². The fourth-order valence-corrected chi connectivity index (χ4v) is 4.54. The number of piperidine rings is 1. The van der Waals surface area contributed by atoms with Crippen molar-refractivity contribution in [2.75, 3.05) is 6.54 Å². The van der Waals surface area contributed by atoms with Gasteiger partial charge in [0.15, 0.2) is 0 Å². The first-order valence-corrected chi connectivity index (χ1v) is 8.34. The lowest BCUT2D eigenvalue weighted by molar-refractivity contribution is 0.0781. The van der Waals surface area contributed by atoms with Gasteiger partial charge in [-0.1, -0.05) is 19.4 Å². The Morgan fingerprint density at radius 3 is 2.76 bits per heavy atom. The van der Waals surface area contributed by atoms with Crippen LogP contribution in [0.5, 0.6) is 5.75 Å². The maximum absolute atomic E-state index is 10.4. The smallest absolute Gasteiger partial charge is 0.120 e. The molecular weight excluding hydrogens is 260 g/mol. The van der Waals surface area contributed by atoms with Crippen LogP contribution in [0, 0.1) is 6.92 Å². The fourth-order valence-electron chi connectivity index (χ4n) is 4.54. The van der Waals surface area contributed by atoms with Crippen LogP contribution < -0.4 is 5.73 Å². The Morgan fingerprint density at radius 2 is 2.05 bits per heavy atom. The molecule has 3 heteroatoms. The molecule has 0 radical (unpaired) electrons. The van der Waals surface area contributed by atoms with Crippen molar-refractivity contribution >= 4 is 0 Å². The molecule has 3 rings (SSSR count). The summed E-state index contributed by atoms with van der Waals surface area (Å²) in [4.78, 5) is 2.58. The van der Waals surface area contributed by atoms with E-state index in [9.17, 15) is 5.11 Å². The first kappa shape index (κ1) is 14.9. The molecular formula is C18H28N2O. The van der Waals surface area contributed by atoms with Crippen LogP contribution in [0.25, 0.3) is 0 Å². The van der Waals surface area contributed by atoms with E-state index in [1.165, 1.54) is 36.0 Å². The molecule has 0 bridgehead atoms. The van der Waals surface area contributed by atoms with E-state index in [-0.39, 0.29) is 6.04 Å². The van der Waals surface area contributed by atoms with Crippen LogP contribution >= 0.6 is 0 Å². The molecule has 1 aromatic carbocycles.